The lowest BCUT2D eigenvalue weighted by atomic mass is 9.99. The summed E-state index contributed by atoms with van der Waals surface area (Å²) in [6.45, 7) is 2.26. The van der Waals surface area contributed by atoms with Crippen LogP contribution in [-0.2, 0) is 0 Å². The van der Waals surface area contributed by atoms with Crippen molar-refractivity contribution in [3.63, 3.8) is 0 Å². The fourth-order valence-electron chi connectivity index (χ4n) is 2.79. The van der Waals surface area contributed by atoms with Gasteiger partial charge in [0.05, 0.1) is 5.69 Å². The minimum absolute atomic E-state index is 0.364. The van der Waals surface area contributed by atoms with Crippen molar-refractivity contribution in [2.45, 2.75) is 51.5 Å². The lowest BCUT2D eigenvalue weighted by Gasteiger charge is -2.17. The molecule has 1 atom stereocenters. The Labute approximate surface area is 122 Å². The second-order valence-corrected chi connectivity index (χ2v) is 5.46. The lowest BCUT2D eigenvalue weighted by Crippen LogP contribution is -2.18. The fraction of sp³-hybridized carbons (Fsp3) is 0.500. The molecule has 0 saturated carbocycles. The summed E-state index contributed by atoms with van der Waals surface area (Å²) in [5.41, 5.74) is 1.20. The summed E-state index contributed by atoms with van der Waals surface area (Å²) < 4.78 is 0. The zero-order valence-corrected chi connectivity index (χ0v) is 12.7. The molecule has 2 heteroatoms. The highest BCUT2D eigenvalue weighted by atomic mass is 14.9. The van der Waals surface area contributed by atoms with Crippen molar-refractivity contribution < 1.29 is 0 Å². The molecule has 0 fully saturated rings. The zero-order chi connectivity index (χ0) is 14.2. The predicted octanol–water partition coefficient (Wildman–Crippen LogP) is 4.86. The molecule has 0 amide bonds. The summed E-state index contributed by atoms with van der Waals surface area (Å²) in [7, 11) is 2.04. The van der Waals surface area contributed by atoms with E-state index < -0.39 is 0 Å². The summed E-state index contributed by atoms with van der Waals surface area (Å²) in [5.74, 6) is 0. The van der Waals surface area contributed by atoms with Crippen LogP contribution in [0, 0.1) is 0 Å². The molecule has 2 nitrogen and oxygen atoms in total. The number of aromatic nitrogens is 1. The van der Waals surface area contributed by atoms with E-state index in [1.165, 1.54) is 55.0 Å². The molecule has 0 aliphatic rings. The van der Waals surface area contributed by atoms with Crippen molar-refractivity contribution in [3.05, 3.63) is 42.2 Å². The maximum atomic E-state index is 4.63. The first-order valence-electron chi connectivity index (χ1n) is 7.87. The second kappa shape index (κ2) is 8.01. The Morgan fingerprint density at radius 3 is 2.65 bits per heavy atom. The van der Waals surface area contributed by atoms with Crippen LogP contribution in [0.1, 0.15) is 57.2 Å². The van der Waals surface area contributed by atoms with E-state index in [2.05, 4.69) is 47.6 Å². The van der Waals surface area contributed by atoms with Gasteiger partial charge in [-0.1, -0.05) is 63.3 Å². The smallest absolute Gasteiger partial charge is 0.0651 e. The molecule has 1 aromatic heterocycles. The van der Waals surface area contributed by atoms with Crippen LogP contribution in [0.5, 0.6) is 0 Å². The third-order valence-corrected chi connectivity index (χ3v) is 3.98. The number of rotatable bonds is 8. The predicted molar refractivity (Wildman–Crippen MR) is 86.9 cm³/mol. The van der Waals surface area contributed by atoms with Gasteiger partial charge >= 0.3 is 0 Å². The van der Waals surface area contributed by atoms with Crippen LogP contribution < -0.4 is 5.32 Å². The number of unbranched alkanes of at least 4 members (excludes halogenated alkanes) is 4. The molecule has 0 bridgehead atoms. The normalized spacial score (nSPS) is 12.7. The molecule has 1 unspecified atom stereocenters. The van der Waals surface area contributed by atoms with E-state index in [1.54, 1.807) is 0 Å². The van der Waals surface area contributed by atoms with Crippen molar-refractivity contribution in [2.75, 3.05) is 7.05 Å². The van der Waals surface area contributed by atoms with Crippen molar-refractivity contribution in [1.29, 1.82) is 0 Å². The average Bonchev–Trinajstić information content (AvgIpc) is 2.51. The SMILES string of the molecule is CCCCCCCC(NC)c1nccc2ccccc12. The van der Waals surface area contributed by atoms with Crippen LogP contribution >= 0.6 is 0 Å². The van der Waals surface area contributed by atoms with Gasteiger partial charge < -0.3 is 5.32 Å². The Balaban J connectivity index is 2.05. The Bertz CT molecular complexity index is 516. The van der Waals surface area contributed by atoms with Crippen LogP contribution in [-0.4, -0.2) is 12.0 Å². The van der Waals surface area contributed by atoms with Gasteiger partial charge in [0.15, 0.2) is 0 Å². The van der Waals surface area contributed by atoms with Gasteiger partial charge in [0.1, 0.15) is 0 Å². The van der Waals surface area contributed by atoms with Crippen molar-refractivity contribution in [1.82, 2.24) is 10.3 Å². The van der Waals surface area contributed by atoms with E-state index in [-0.39, 0.29) is 0 Å². The largest absolute Gasteiger partial charge is 0.312 e. The molecule has 2 aromatic rings. The Hall–Kier alpha value is -1.41. The molecule has 0 aliphatic carbocycles. The van der Waals surface area contributed by atoms with E-state index >= 15 is 0 Å². The highest BCUT2D eigenvalue weighted by molar-refractivity contribution is 5.84. The third-order valence-electron chi connectivity index (χ3n) is 3.98. The highest BCUT2D eigenvalue weighted by Gasteiger charge is 2.13. The van der Waals surface area contributed by atoms with Crippen molar-refractivity contribution in [3.8, 4) is 0 Å². The minimum Gasteiger partial charge on any atom is -0.312 e. The number of hydrogen-bond acceptors (Lipinski definition) is 2. The number of benzene rings is 1. The van der Waals surface area contributed by atoms with Crippen LogP contribution in [0.15, 0.2) is 36.5 Å². The average molecular weight is 270 g/mol. The van der Waals surface area contributed by atoms with E-state index in [0.29, 0.717) is 6.04 Å². The quantitative estimate of drug-likeness (QED) is 0.693. The monoisotopic (exact) mass is 270 g/mol. The van der Waals surface area contributed by atoms with Gasteiger partial charge in [0, 0.05) is 17.6 Å². The number of hydrogen-bond donors (Lipinski definition) is 1. The fourth-order valence-corrected chi connectivity index (χ4v) is 2.79. The molecule has 20 heavy (non-hydrogen) atoms. The van der Waals surface area contributed by atoms with Crippen LogP contribution in [0.2, 0.25) is 0 Å². The van der Waals surface area contributed by atoms with Gasteiger partial charge in [0.2, 0.25) is 0 Å². The molecule has 1 heterocycles. The Morgan fingerprint density at radius 1 is 1.05 bits per heavy atom. The molecule has 0 saturated heterocycles. The zero-order valence-electron chi connectivity index (χ0n) is 12.7. The van der Waals surface area contributed by atoms with E-state index in [0.717, 1.165) is 0 Å². The molecule has 0 aliphatic heterocycles. The van der Waals surface area contributed by atoms with Gasteiger partial charge in [-0.05, 0) is 24.9 Å². The van der Waals surface area contributed by atoms with E-state index in [4.69, 9.17) is 0 Å². The summed E-state index contributed by atoms with van der Waals surface area (Å²) in [6.07, 6.45) is 9.72. The number of nitrogens with one attached hydrogen (secondary N) is 1. The topological polar surface area (TPSA) is 24.9 Å². The van der Waals surface area contributed by atoms with Gasteiger partial charge in [-0.3, -0.25) is 4.98 Å². The van der Waals surface area contributed by atoms with E-state index in [1.807, 2.05) is 13.2 Å². The number of pyridine rings is 1. The van der Waals surface area contributed by atoms with Gasteiger partial charge in [0.25, 0.3) is 0 Å². The standard InChI is InChI=1S/C18H26N2/c1-3-4-5-6-7-12-17(19-2)18-16-11-9-8-10-15(16)13-14-20-18/h8-11,13-14,17,19H,3-7,12H2,1-2H3. The third kappa shape index (κ3) is 3.80. The van der Waals surface area contributed by atoms with Crippen LogP contribution in [0.3, 0.4) is 0 Å². The van der Waals surface area contributed by atoms with E-state index in [9.17, 15) is 0 Å². The molecular weight excluding hydrogens is 244 g/mol. The molecule has 108 valence electrons. The first-order valence-corrected chi connectivity index (χ1v) is 7.87. The van der Waals surface area contributed by atoms with Crippen molar-refractivity contribution >= 4 is 10.8 Å². The Kier molecular flexibility index (Phi) is 6.00. The van der Waals surface area contributed by atoms with Gasteiger partial charge in [-0.2, -0.15) is 0 Å². The lowest BCUT2D eigenvalue weighted by molar-refractivity contribution is 0.495. The second-order valence-electron chi connectivity index (χ2n) is 5.46. The maximum absolute atomic E-state index is 4.63. The summed E-state index contributed by atoms with van der Waals surface area (Å²) in [6, 6.07) is 11.0. The minimum atomic E-state index is 0.364. The molecular formula is C18H26N2. The first kappa shape index (κ1) is 15.0. The first-order chi connectivity index (χ1) is 9.86. The molecule has 2 rings (SSSR count). The van der Waals surface area contributed by atoms with Crippen molar-refractivity contribution in [2.24, 2.45) is 0 Å². The van der Waals surface area contributed by atoms with Gasteiger partial charge in [-0.15, -0.1) is 0 Å². The highest BCUT2D eigenvalue weighted by Crippen LogP contribution is 2.25. The summed E-state index contributed by atoms with van der Waals surface area (Å²) in [5, 5.41) is 6.00. The maximum Gasteiger partial charge on any atom is 0.0651 e. The number of fused-ring (bicyclic) bond motifs is 1. The Morgan fingerprint density at radius 2 is 1.85 bits per heavy atom. The summed E-state index contributed by atoms with van der Waals surface area (Å²) in [4.78, 5) is 4.63. The molecule has 1 aromatic carbocycles. The van der Waals surface area contributed by atoms with Crippen LogP contribution in [0.4, 0.5) is 0 Å². The molecule has 1 N–H and O–H groups in total. The number of nitrogens with zero attached hydrogens (tertiary/aromatic N) is 1. The summed E-state index contributed by atoms with van der Waals surface area (Å²) >= 11 is 0. The van der Waals surface area contributed by atoms with Crippen LogP contribution in [0.25, 0.3) is 10.8 Å². The molecule has 0 radical (unpaired) electrons. The van der Waals surface area contributed by atoms with Gasteiger partial charge in [-0.25, -0.2) is 0 Å². The molecule has 0 spiro atoms.